The van der Waals surface area contributed by atoms with Crippen LogP contribution in [0, 0.1) is 11.8 Å². The van der Waals surface area contributed by atoms with Gasteiger partial charge in [-0.3, -0.25) is 24.9 Å². The molecule has 2 saturated carbocycles. The average molecular weight is 1480 g/mol. The van der Waals surface area contributed by atoms with Crippen molar-refractivity contribution < 1.29 is 0 Å². The minimum absolute atomic E-state index is 0.00987. The monoisotopic (exact) mass is 1480 g/mol. The zero-order valence-corrected chi connectivity index (χ0v) is 62.6. The van der Waals surface area contributed by atoms with E-state index in [4.69, 9.17) is 84.0 Å². The highest BCUT2D eigenvalue weighted by atomic mass is 32.1. The maximum Gasteiger partial charge on any atom is 0.102 e. The maximum absolute atomic E-state index is 6.34. The van der Waals surface area contributed by atoms with Gasteiger partial charge in [0.05, 0.1) is 40.2 Å². The molecule has 532 valence electrons. The lowest BCUT2D eigenvalue weighted by Gasteiger charge is -2.28. The van der Waals surface area contributed by atoms with E-state index in [1.54, 1.807) is 31.0 Å². The topological polar surface area (TPSA) is 241 Å². The predicted molar refractivity (Wildman–Crippen MR) is 459 cm³/mol. The van der Waals surface area contributed by atoms with Crippen molar-refractivity contribution in [2.24, 2.45) is 34.8 Å². The van der Waals surface area contributed by atoms with E-state index in [2.05, 4.69) is 93.2 Å². The summed E-state index contributed by atoms with van der Waals surface area (Å²) in [5.41, 5.74) is 33.0. The number of pyridine rings is 5. The highest BCUT2D eigenvalue weighted by Gasteiger charge is 2.26. The number of hydrogen-bond donors (Lipinski definition) is 10. The lowest BCUT2D eigenvalue weighted by atomic mass is 9.84. The normalized spacial score (nSPS) is 14.1. The molecule has 0 saturated heterocycles. The molecule has 5 heterocycles. The van der Waals surface area contributed by atoms with Crippen molar-refractivity contribution in [2.75, 3.05) is 33.6 Å². The van der Waals surface area contributed by atoms with Gasteiger partial charge in [0.2, 0.25) is 0 Å². The first kappa shape index (κ1) is 76.2. The molecular formula is C85H87N15S5. The molecule has 0 unspecified atom stereocenters. The van der Waals surface area contributed by atoms with E-state index in [1.165, 1.54) is 57.8 Å². The fourth-order valence-electron chi connectivity index (χ4n) is 12.9. The Bertz CT molecular complexity index is 4910. The van der Waals surface area contributed by atoms with E-state index in [-0.39, 0.29) is 30.2 Å². The molecule has 2 fully saturated rings. The SMILES string of the molecule is CN[C@@H](C(=S)Nc1ccc2cnccc2c1)c1ccccc1.N[C@@H](C(=S)Nc1ccc2cnccc2c1)C1CCCC1.N[C@@H](C(=S)Nc1ccc2cnccc2c1)C1CCCCC1.N[C@@H](C(=S)Nc1ccc2cnccc2c1)c1ccccc1.N[C@H](C(=S)Nc1ccc2cnccc2c1)c1ccccc1. The molecule has 0 spiro atoms. The number of fused-ring (bicyclic) bond motifs is 5. The van der Waals surface area contributed by atoms with Crippen molar-refractivity contribution in [3.63, 3.8) is 0 Å². The van der Waals surface area contributed by atoms with Crippen LogP contribution in [0.1, 0.15) is 92.6 Å². The van der Waals surface area contributed by atoms with Crippen LogP contribution in [0.4, 0.5) is 28.4 Å². The average Bonchev–Trinajstić information content (AvgIpc) is 1.10. The summed E-state index contributed by atoms with van der Waals surface area (Å²) in [6, 6.07) is 69.7. The molecule has 5 aromatic heterocycles. The first-order valence-corrected chi connectivity index (χ1v) is 37.4. The van der Waals surface area contributed by atoms with Crippen LogP contribution in [0.5, 0.6) is 0 Å². The standard InChI is InChI=1S/C18H17N3S.C17H21N3S.2C17H15N3S.C16H19N3S/c1-19-17(13-5-3-2-4-6-13)18(22)21-16-8-7-15-12-20-10-9-14(15)11-16;3*18-16(12-4-2-1-3-5-12)17(21)20-15-7-6-14-11-19-9-8-13(14)10-15;17-15(11-3-1-2-4-11)16(20)19-14-6-5-13-10-18-8-7-12(13)9-14/h2-12,17,19H,1H3,(H,21,22);6-12,16H,1-5,18H2,(H,20,21);2*1-11,16H,18H2,(H,20,21);5-11,15H,1-4,17H2,(H,19,20)/t17-;3*16-;15-/m11101/s1. The first-order chi connectivity index (χ1) is 51.2. The van der Waals surface area contributed by atoms with Crippen molar-refractivity contribution in [3.05, 3.63) is 291 Å². The van der Waals surface area contributed by atoms with Crippen molar-refractivity contribution in [1.82, 2.24) is 30.2 Å². The molecule has 0 aliphatic heterocycles. The van der Waals surface area contributed by atoms with Gasteiger partial charge in [-0.25, -0.2) is 0 Å². The molecule has 0 bridgehead atoms. The first-order valence-electron chi connectivity index (χ1n) is 35.3. The molecule has 0 radical (unpaired) electrons. The summed E-state index contributed by atoms with van der Waals surface area (Å²) >= 11 is 27.4. The highest BCUT2D eigenvalue weighted by Crippen LogP contribution is 2.31. The van der Waals surface area contributed by atoms with Gasteiger partial charge in [0.25, 0.3) is 0 Å². The lowest BCUT2D eigenvalue weighted by Crippen LogP contribution is -2.41. The van der Waals surface area contributed by atoms with Crippen LogP contribution >= 0.6 is 61.1 Å². The third-order valence-corrected chi connectivity index (χ3v) is 20.6. The molecular weight excluding hydrogens is 1390 g/mol. The summed E-state index contributed by atoms with van der Waals surface area (Å²) in [4.78, 5) is 24.1. The number of nitrogens with one attached hydrogen (secondary N) is 6. The molecule has 105 heavy (non-hydrogen) atoms. The number of nitrogens with zero attached hydrogens (tertiary/aromatic N) is 5. The Hall–Kier alpha value is -9.94. The molecule has 5 atom stereocenters. The van der Waals surface area contributed by atoms with Crippen LogP contribution in [0.15, 0.2) is 274 Å². The number of benzene rings is 8. The predicted octanol–water partition coefficient (Wildman–Crippen LogP) is 18.7. The number of anilines is 5. The van der Waals surface area contributed by atoms with E-state index < -0.39 is 0 Å². The molecule has 2 aliphatic rings. The second-order valence-corrected chi connectivity index (χ2v) is 28.2. The van der Waals surface area contributed by atoms with Crippen molar-refractivity contribution >= 4 is 168 Å². The van der Waals surface area contributed by atoms with E-state index >= 15 is 0 Å². The van der Waals surface area contributed by atoms with Crippen LogP contribution < -0.4 is 54.8 Å². The van der Waals surface area contributed by atoms with Crippen LogP contribution in [0.2, 0.25) is 0 Å². The van der Waals surface area contributed by atoms with Crippen LogP contribution in [-0.2, 0) is 0 Å². The smallest absolute Gasteiger partial charge is 0.102 e. The van der Waals surface area contributed by atoms with Crippen LogP contribution in [-0.4, -0.2) is 69.0 Å². The Labute approximate surface area is 641 Å². The van der Waals surface area contributed by atoms with E-state index in [9.17, 15) is 0 Å². The van der Waals surface area contributed by atoms with Crippen LogP contribution in [0.25, 0.3) is 53.9 Å². The number of nitrogens with two attached hydrogens (primary N) is 4. The largest absolute Gasteiger partial charge is 0.349 e. The Balaban J connectivity index is 0.000000131. The van der Waals surface area contributed by atoms with E-state index in [0.29, 0.717) is 21.8 Å². The zero-order valence-electron chi connectivity index (χ0n) is 58.5. The van der Waals surface area contributed by atoms with Crippen molar-refractivity contribution in [3.8, 4) is 0 Å². The molecule has 14 N–H and O–H groups in total. The second kappa shape index (κ2) is 38.7. The molecule has 2 aliphatic carbocycles. The van der Waals surface area contributed by atoms with Gasteiger partial charge >= 0.3 is 0 Å². The number of aromatic nitrogens is 5. The van der Waals surface area contributed by atoms with Gasteiger partial charge in [-0.05, 0) is 179 Å². The third kappa shape index (κ3) is 21.8. The molecule has 15 rings (SSSR count). The lowest BCUT2D eigenvalue weighted by molar-refractivity contribution is 0.342. The van der Waals surface area contributed by atoms with E-state index in [0.717, 1.165) is 114 Å². The minimum atomic E-state index is -0.311. The van der Waals surface area contributed by atoms with Crippen molar-refractivity contribution in [2.45, 2.75) is 88.0 Å². The van der Waals surface area contributed by atoms with Gasteiger partial charge < -0.3 is 54.8 Å². The summed E-state index contributed by atoms with van der Waals surface area (Å²) in [6.07, 6.45) is 29.5. The summed E-state index contributed by atoms with van der Waals surface area (Å²) in [5, 5.41) is 30.9. The fourth-order valence-corrected chi connectivity index (χ4v) is 14.4. The van der Waals surface area contributed by atoms with E-state index in [1.807, 2.05) is 214 Å². The third-order valence-electron chi connectivity index (χ3n) is 18.8. The number of thiocarbonyl (C=S) groups is 5. The number of likely N-dealkylation sites (N-methyl/N-ethyl adjacent to an activating group) is 1. The van der Waals surface area contributed by atoms with Gasteiger partial charge in [-0.2, -0.15) is 0 Å². The second-order valence-electron chi connectivity index (χ2n) is 26.0. The van der Waals surface area contributed by atoms with Crippen molar-refractivity contribution in [1.29, 1.82) is 0 Å². The molecule has 15 nitrogen and oxygen atoms in total. The minimum Gasteiger partial charge on any atom is -0.349 e. The summed E-state index contributed by atoms with van der Waals surface area (Å²) in [7, 11) is 1.91. The van der Waals surface area contributed by atoms with Gasteiger partial charge in [0, 0.05) is 117 Å². The summed E-state index contributed by atoms with van der Waals surface area (Å²) < 4.78 is 0. The molecule has 20 heteroatoms. The van der Waals surface area contributed by atoms with Gasteiger partial charge in [0.15, 0.2) is 0 Å². The Morgan fingerprint density at radius 1 is 0.305 bits per heavy atom. The number of rotatable bonds is 16. The van der Waals surface area contributed by atoms with Gasteiger partial charge in [0.1, 0.15) is 15.0 Å². The highest BCUT2D eigenvalue weighted by molar-refractivity contribution is 7.81. The molecule has 8 aromatic carbocycles. The molecule has 0 amide bonds. The Morgan fingerprint density at radius 3 is 0.848 bits per heavy atom. The zero-order chi connectivity index (χ0) is 73.3. The fraction of sp³-hybridized carbons (Fsp3) is 0.200. The van der Waals surface area contributed by atoms with Crippen LogP contribution in [0.3, 0.4) is 0 Å². The number of hydrogen-bond acceptors (Lipinski definition) is 15. The van der Waals surface area contributed by atoms with Gasteiger partial charge in [-0.1, -0.05) is 215 Å². The molecule has 13 aromatic rings. The summed E-state index contributed by atoms with van der Waals surface area (Å²) in [6.45, 7) is 0. The van der Waals surface area contributed by atoms with Gasteiger partial charge in [-0.15, -0.1) is 0 Å². The Kier molecular flexibility index (Phi) is 28.1. The Morgan fingerprint density at radius 2 is 0.562 bits per heavy atom. The maximum atomic E-state index is 6.34. The quantitative estimate of drug-likeness (QED) is 0.0405. The summed E-state index contributed by atoms with van der Waals surface area (Å²) in [5.74, 6) is 1.07.